The number of hydrazine groups is 1. The minimum Gasteiger partial charge on any atom is -0.318 e. The van der Waals surface area contributed by atoms with Gasteiger partial charge in [0.05, 0.1) is 4.92 Å². The zero-order valence-electron chi connectivity index (χ0n) is 9.56. The van der Waals surface area contributed by atoms with Gasteiger partial charge in [0.25, 0.3) is 5.69 Å². The van der Waals surface area contributed by atoms with E-state index in [2.05, 4.69) is 10.3 Å². The number of anilines is 1. The van der Waals surface area contributed by atoms with Crippen molar-refractivity contribution in [3.8, 4) is 0 Å². The van der Waals surface area contributed by atoms with Gasteiger partial charge in [-0.05, 0) is 31.5 Å². The Labute approximate surface area is 99.5 Å². The van der Waals surface area contributed by atoms with Gasteiger partial charge in [-0.15, -0.1) is 0 Å². The number of rotatable bonds is 4. The van der Waals surface area contributed by atoms with Gasteiger partial charge in [0, 0.05) is 12.6 Å². The first-order chi connectivity index (χ1) is 8.22. The molecule has 0 aliphatic carbocycles. The van der Waals surface area contributed by atoms with Crippen molar-refractivity contribution in [2.24, 2.45) is 5.84 Å². The number of likely N-dealkylation sites (tertiary alicyclic amines) is 1. The lowest BCUT2D eigenvalue weighted by Gasteiger charge is -2.16. The van der Waals surface area contributed by atoms with Crippen LogP contribution >= 0.6 is 0 Å². The molecule has 0 radical (unpaired) electrons. The molecule has 1 aromatic carbocycles. The van der Waals surface area contributed by atoms with Gasteiger partial charge in [0.1, 0.15) is 5.69 Å². The molecule has 0 aromatic heterocycles. The Morgan fingerprint density at radius 1 is 1.41 bits per heavy atom. The lowest BCUT2D eigenvalue weighted by molar-refractivity contribution is -0.384. The quantitative estimate of drug-likeness (QED) is 0.470. The highest BCUT2D eigenvalue weighted by molar-refractivity contribution is 5.65. The van der Waals surface area contributed by atoms with Gasteiger partial charge in [-0.3, -0.25) is 20.9 Å². The predicted molar refractivity (Wildman–Crippen MR) is 65.4 cm³/mol. The summed E-state index contributed by atoms with van der Waals surface area (Å²) in [7, 11) is 0. The van der Waals surface area contributed by atoms with Crippen LogP contribution in [-0.4, -0.2) is 22.9 Å². The Bertz CT molecular complexity index is 416. The number of nitrogens with two attached hydrogens (primary N) is 1. The Hall–Kier alpha value is -1.66. The van der Waals surface area contributed by atoms with Crippen LogP contribution in [0.4, 0.5) is 11.4 Å². The van der Waals surface area contributed by atoms with Gasteiger partial charge in [-0.2, -0.15) is 0 Å². The molecule has 3 N–H and O–H groups in total. The molecule has 1 saturated heterocycles. The maximum Gasteiger partial charge on any atom is 0.293 e. The second kappa shape index (κ2) is 5.11. The van der Waals surface area contributed by atoms with E-state index in [0.29, 0.717) is 12.2 Å². The van der Waals surface area contributed by atoms with Crippen LogP contribution in [0.3, 0.4) is 0 Å². The zero-order valence-corrected chi connectivity index (χ0v) is 9.56. The largest absolute Gasteiger partial charge is 0.318 e. The molecule has 0 amide bonds. The number of benzene rings is 1. The molecule has 1 aliphatic heterocycles. The SMILES string of the molecule is NNc1c(CN2CCCC2)cccc1[N+](=O)[O-]. The first kappa shape index (κ1) is 11.8. The summed E-state index contributed by atoms with van der Waals surface area (Å²) in [6, 6.07) is 5.04. The van der Waals surface area contributed by atoms with E-state index >= 15 is 0 Å². The molecule has 1 aliphatic rings. The van der Waals surface area contributed by atoms with E-state index in [-0.39, 0.29) is 5.69 Å². The number of nitrogens with zero attached hydrogens (tertiary/aromatic N) is 2. The standard InChI is InChI=1S/C11H16N4O2/c12-13-11-9(8-14-6-1-2-7-14)4-3-5-10(11)15(16)17/h3-5,13H,1-2,6-8,12H2. The third-order valence-corrected chi connectivity index (χ3v) is 3.06. The van der Waals surface area contributed by atoms with Crippen molar-refractivity contribution in [2.75, 3.05) is 18.5 Å². The molecule has 17 heavy (non-hydrogen) atoms. The van der Waals surface area contributed by atoms with E-state index in [0.717, 1.165) is 18.7 Å². The molecule has 0 saturated carbocycles. The highest BCUT2D eigenvalue weighted by Crippen LogP contribution is 2.28. The van der Waals surface area contributed by atoms with E-state index in [1.807, 2.05) is 6.07 Å². The van der Waals surface area contributed by atoms with Crippen molar-refractivity contribution < 1.29 is 4.92 Å². The van der Waals surface area contributed by atoms with Crippen LogP contribution in [0.2, 0.25) is 0 Å². The molecule has 0 unspecified atom stereocenters. The molecular weight excluding hydrogens is 220 g/mol. The number of hydrogen-bond donors (Lipinski definition) is 2. The number of nitrogens with one attached hydrogen (secondary N) is 1. The number of para-hydroxylation sites is 1. The van der Waals surface area contributed by atoms with Crippen LogP contribution in [0.25, 0.3) is 0 Å². The van der Waals surface area contributed by atoms with Gasteiger partial charge < -0.3 is 5.43 Å². The molecule has 1 aromatic rings. The summed E-state index contributed by atoms with van der Waals surface area (Å²) in [5.74, 6) is 5.39. The second-order valence-corrected chi connectivity index (χ2v) is 4.20. The number of nitro groups is 1. The van der Waals surface area contributed by atoms with Gasteiger partial charge in [0.15, 0.2) is 0 Å². The van der Waals surface area contributed by atoms with Gasteiger partial charge in [-0.1, -0.05) is 12.1 Å². The summed E-state index contributed by atoms with van der Waals surface area (Å²) in [4.78, 5) is 12.7. The highest BCUT2D eigenvalue weighted by Gasteiger charge is 2.19. The Morgan fingerprint density at radius 3 is 2.71 bits per heavy atom. The fourth-order valence-corrected chi connectivity index (χ4v) is 2.22. The summed E-state index contributed by atoms with van der Waals surface area (Å²) >= 11 is 0. The van der Waals surface area contributed by atoms with Gasteiger partial charge >= 0.3 is 0 Å². The van der Waals surface area contributed by atoms with Crippen molar-refractivity contribution in [1.82, 2.24) is 4.90 Å². The van der Waals surface area contributed by atoms with Crippen LogP contribution in [-0.2, 0) is 6.54 Å². The fourth-order valence-electron chi connectivity index (χ4n) is 2.22. The number of nitro benzene ring substituents is 1. The van der Waals surface area contributed by atoms with Crippen LogP contribution in [0, 0.1) is 10.1 Å². The van der Waals surface area contributed by atoms with Crippen molar-refractivity contribution >= 4 is 11.4 Å². The first-order valence-corrected chi connectivity index (χ1v) is 5.67. The average molecular weight is 236 g/mol. The van der Waals surface area contributed by atoms with E-state index in [9.17, 15) is 10.1 Å². The number of hydrogen-bond acceptors (Lipinski definition) is 5. The van der Waals surface area contributed by atoms with Crippen molar-refractivity contribution in [3.05, 3.63) is 33.9 Å². The molecule has 92 valence electrons. The molecule has 1 heterocycles. The van der Waals surface area contributed by atoms with Crippen molar-refractivity contribution in [2.45, 2.75) is 19.4 Å². The maximum absolute atomic E-state index is 10.9. The highest BCUT2D eigenvalue weighted by atomic mass is 16.6. The van der Waals surface area contributed by atoms with E-state index in [4.69, 9.17) is 5.84 Å². The molecule has 2 rings (SSSR count). The van der Waals surface area contributed by atoms with E-state index < -0.39 is 4.92 Å². The third-order valence-electron chi connectivity index (χ3n) is 3.06. The number of nitrogen functional groups attached to an aromatic ring is 1. The third kappa shape index (κ3) is 2.54. The Morgan fingerprint density at radius 2 is 2.12 bits per heavy atom. The molecule has 0 atom stereocenters. The topological polar surface area (TPSA) is 84.4 Å². The smallest absolute Gasteiger partial charge is 0.293 e. The second-order valence-electron chi connectivity index (χ2n) is 4.20. The first-order valence-electron chi connectivity index (χ1n) is 5.67. The summed E-state index contributed by atoms with van der Waals surface area (Å²) in [5, 5.41) is 10.9. The lowest BCUT2D eigenvalue weighted by Crippen LogP contribution is -2.20. The summed E-state index contributed by atoms with van der Waals surface area (Å²) in [6.07, 6.45) is 2.39. The summed E-state index contributed by atoms with van der Waals surface area (Å²) < 4.78 is 0. The predicted octanol–water partition coefficient (Wildman–Crippen LogP) is 1.48. The maximum atomic E-state index is 10.9. The minimum atomic E-state index is -0.414. The van der Waals surface area contributed by atoms with Crippen molar-refractivity contribution in [3.63, 3.8) is 0 Å². The van der Waals surface area contributed by atoms with Gasteiger partial charge in [0.2, 0.25) is 0 Å². The molecule has 6 heteroatoms. The zero-order chi connectivity index (χ0) is 12.3. The molecule has 1 fully saturated rings. The molecule has 0 bridgehead atoms. The molecule has 0 spiro atoms. The average Bonchev–Trinajstić information content (AvgIpc) is 2.81. The van der Waals surface area contributed by atoms with E-state index in [1.165, 1.54) is 18.9 Å². The summed E-state index contributed by atoms with van der Waals surface area (Å²) in [6.45, 7) is 2.81. The summed E-state index contributed by atoms with van der Waals surface area (Å²) in [5.41, 5.74) is 3.78. The van der Waals surface area contributed by atoms with Crippen LogP contribution < -0.4 is 11.3 Å². The van der Waals surface area contributed by atoms with Crippen LogP contribution in [0.1, 0.15) is 18.4 Å². The van der Waals surface area contributed by atoms with Crippen molar-refractivity contribution in [1.29, 1.82) is 0 Å². The Balaban J connectivity index is 2.25. The monoisotopic (exact) mass is 236 g/mol. The Kier molecular flexibility index (Phi) is 3.55. The minimum absolute atomic E-state index is 0.0317. The fraction of sp³-hybridized carbons (Fsp3) is 0.455. The normalized spacial score (nSPS) is 16.1. The molecular formula is C11H16N4O2. The van der Waals surface area contributed by atoms with Crippen LogP contribution in [0.15, 0.2) is 18.2 Å². The van der Waals surface area contributed by atoms with Crippen LogP contribution in [0.5, 0.6) is 0 Å². The van der Waals surface area contributed by atoms with E-state index in [1.54, 1.807) is 6.07 Å². The molecule has 6 nitrogen and oxygen atoms in total. The van der Waals surface area contributed by atoms with Gasteiger partial charge in [-0.25, -0.2) is 0 Å². The lowest BCUT2D eigenvalue weighted by atomic mass is 10.1.